The van der Waals surface area contributed by atoms with Gasteiger partial charge in [0.2, 0.25) is 0 Å². The first-order chi connectivity index (χ1) is 39.2. The smallest absolute Gasteiger partial charge is 0.305 e. The number of aliphatic hydroxyl groups excluding tert-OH is 4. The van der Waals surface area contributed by atoms with E-state index in [1.807, 2.05) is 0 Å². The van der Waals surface area contributed by atoms with Crippen LogP contribution >= 0.6 is 0 Å². The molecule has 8 aromatic carbocycles. The van der Waals surface area contributed by atoms with Gasteiger partial charge in [0.05, 0.1) is 23.9 Å². The van der Waals surface area contributed by atoms with Gasteiger partial charge < -0.3 is 110 Å². The van der Waals surface area contributed by atoms with E-state index in [1.54, 1.807) is 0 Å². The largest absolute Gasteiger partial charge is 0.508 e. The first kappa shape index (κ1) is 50.2. The van der Waals surface area contributed by atoms with Crippen LogP contribution in [-0.2, 0) is 18.0 Å². The maximum atomic E-state index is 13.1. The highest BCUT2D eigenvalue weighted by atomic mass is 16.7. The van der Waals surface area contributed by atoms with Gasteiger partial charge in [0, 0.05) is 86.8 Å². The molecule has 11 atom stereocenters. The molecule has 6 aliphatic rings. The molecule has 4 bridgehead atoms. The average molecular weight is 1120 g/mol. The van der Waals surface area contributed by atoms with E-state index in [0.29, 0.717) is 0 Å². The lowest BCUT2D eigenvalue weighted by molar-refractivity contribution is -0.219. The Bertz CT molecular complexity index is 4040. The summed E-state index contributed by atoms with van der Waals surface area (Å²) in [6, 6.07) is 23.2. The van der Waals surface area contributed by atoms with Crippen LogP contribution in [0.25, 0.3) is 0 Å². The number of fused-ring (bicyclic) bond motifs is 16. The number of aromatic hydroxyl groups is 12. The van der Waals surface area contributed by atoms with Gasteiger partial charge in [-0.1, -0.05) is 18.2 Å². The van der Waals surface area contributed by atoms with Crippen molar-refractivity contribution < 1.29 is 110 Å². The van der Waals surface area contributed by atoms with Gasteiger partial charge in [-0.3, -0.25) is 0 Å². The second-order valence-corrected chi connectivity index (χ2v) is 21.1. The summed E-state index contributed by atoms with van der Waals surface area (Å²) in [4.78, 5) is 0. The van der Waals surface area contributed by atoms with Gasteiger partial charge in [-0.15, -0.1) is 0 Å². The summed E-state index contributed by atoms with van der Waals surface area (Å²) >= 11 is 0. The van der Waals surface area contributed by atoms with E-state index in [4.69, 9.17) is 28.4 Å². The number of hydrogen-bond acceptors (Lipinski definition) is 22. The predicted molar refractivity (Wildman–Crippen MR) is 277 cm³/mol. The Kier molecular flexibility index (Phi) is 10.6. The third-order valence-electron chi connectivity index (χ3n) is 16.5. The molecule has 22 heteroatoms. The van der Waals surface area contributed by atoms with E-state index in [0.717, 1.165) is 42.5 Å². The highest BCUT2D eigenvalue weighted by Gasteiger charge is 2.64. The van der Waals surface area contributed by atoms with Crippen molar-refractivity contribution >= 4 is 0 Å². The monoisotopic (exact) mass is 1120 g/mol. The lowest BCUT2D eigenvalue weighted by Gasteiger charge is -2.52. The number of rotatable bonds is 5. The Morgan fingerprint density at radius 1 is 0.341 bits per heavy atom. The Morgan fingerprint density at radius 2 is 0.829 bits per heavy atom. The quantitative estimate of drug-likeness (QED) is 0.0868. The SMILES string of the molecule is Oc1ccc([C@@H]2Oc3c(c(O)cc4c3[C@@H]3c5c(O)cc(O)cc5O[C@](c5ccc(O)cc5)(O4)[C@@H]3O)[C@@H](c3c(O)cc(O)c4c3O[C@@]3(c5ccc(O)c(O)c5)Oc5cc(O)c6c(c5[C@H]4[C@@H]3O)O[C@@H](c3ccc(O)c(O)c3)[C@H](O)C6)[C@H]2O)cc1. The molecule has 6 heterocycles. The van der Waals surface area contributed by atoms with Crippen molar-refractivity contribution in [2.45, 2.75) is 72.4 Å². The van der Waals surface area contributed by atoms with Crippen molar-refractivity contribution in [1.29, 1.82) is 0 Å². The second kappa shape index (κ2) is 17.3. The van der Waals surface area contributed by atoms with E-state index in [1.165, 1.54) is 72.8 Å². The molecule has 0 amide bonds. The summed E-state index contributed by atoms with van der Waals surface area (Å²) in [6.45, 7) is 0. The molecular weight excluding hydrogens is 1070 g/mol. The summed E-state index contributed by atoms with van der Waals surface area (Å²) in [5.74, 6) is -17.8. The molecule has 22 nitrogen and oxygen atoms in total. The van der Waals surface area contributed by atoms with Crippen LogP contribution in [0.3, 0.4) is 0 Å². The average Bonchev–Trinajstić information content (AvgIpc) is 3.01. The summed E-state index contributed by atoms with van der Waals surface area (Å²) in [7, 11) is 0. The fourth-order valence-electron chi connectivity index (χ4n) is 12.8. The fraction of sp³-hybridized carbons (Fsp3) is 0.200. The van der Waals surface area contributed by atoms with Gasteiger partial charge in [-0.05, 0) is 77.9 Å². The van der Waals surface area contributed by atoms with Gasteiger partial charge in [-0.2, -0.15) is 0 Å². The first-order valence-electron chi connectivity index (χ1n) is 25.5. The highest BCUT2D eigenvalue weighted by molar-refractivity contribution is 5.75. The molecule has 16 N–H and O–H groups in total. The van der Waals surface area contributed by atoms with Crippen LogP contribution < -0.4 is 28.4 Å². The third kappa shape index (κ3) is 6.89. The second-order valence-electron chi connectivity index (χ2n) is 21.1. The molecule has 82 heavy (non-hydrogen) atoms. The summed E-state index contributed by atoms with van der Waals surface area (Å²) < 4.78 is 40.0. The van der Waals surface area contributed by atoms with Crippen LogP contribution in [0.15, 0.2) is 115 Å². The molecule has 8 aromatic rings. The van der Waals surface area contributed by atoms with Gasteiger partial charge in [0.1, 0.15) is 105 Å². The molecule has 14 rings (SSSR count). The van der Waals surface area contributed by atoms with E-state index < -0.39 is 135 Å². The third-order valence-corrected chi connectivity index (χ3v) is 16.5. The number of hydrogen-bond donors (Lipinski definition) is 16. The van der Waals surface area contributed by atoms with Crippen molar-refractivity contribution in [2.75, 3.05) is 0 Å². The number of ether oxygens (including phenoxy) is 6. The molecule has 0 saturated heterocycles. The van der Waals surface area contributed by atoms with Crippen molar-refractivity contribution in [3.05, 3.63) is 176 Å². The molecule has 0 radical (unpaired) electrons. The summed E-state index contributed by atoms with van der Waals surface area (Å²) in [5, 5.41) is 185. The van der Waals surface area contributed by atoms with E-state index in [-0.39, 0.29) is 102 Å². The Morgan fingerprint density at radius 3 is 1.48 bits per heavy atom. The molecule has 0 fully saturated rings. The lowest BCUT2D eigenvalue weighted by Crippen LogP contribution is -2.58. The van der Waals surface area contributed by atoms with Gasteiger partial charge in [0.15, 0.2) is 29.1 Å². The maximum Gasteiger partial charge on any atom is 0.305 e. The van der Waals surface area contributed by atoms with Crippen molar-refractivity contribution in [3.63, 3.8) is 0 Å². The van der Waals surface area contributed by atoms with Gasteiger partial charge in [0.25, 0.3) is 0 Å². The van der Waals surface area contributed by atoms with Gasteiger partial charge >= 0.3 is 11.6 Å². The Labute approximate surface area is 461 Å². The minimum Gasteiger partial charge on any atom is -0.508 e. The molecule has 0 unspecified atom stereocenters. The lowest BCUT2D eigenvalue weighted by atomic mass is 9.70. The van der Waals surface area contributed by atoms with Crippen LogP contribution in [0.4, 0.5) is 0 Å². The first-order valence-corrected chi connectivity index (χ1v) is 25.5. The topological polar surface area (TPSA) is 379 Å². The van der Waals surface area contributed by atoms with Crippen LogP contribution in [0.1, 0.15) is 91.2 Å². The van der Waals surface area contributed by atoms with Crippen molar-refractivity contribution in [2.24, 2.45) is 0 Å². The minimum absolute atomic E-state index is 0.00222. The van der Waals surface area contributed by atoms with Crippen LogP contribution in [0.5, 0.6) is 103 Å². The summed E-state index contributed by atoms with van der Waals surface area (Å²) in [6.07, 6.45) is -10.4. The van der Waals surface area contributed by atoms with Gasteiger partial charge in [-0.25, -0.2) is 0 Å². The van der Waals surface area contributed by atoms with Crippen molar-refractivity contribution in [3.8, 4) is 103 Å². The normalized spacial score (nSPS) is 26.7. The summed E-state index contributed by atoms with van der Waals surface area (Å²) in [5.41, 5.74) is -1.01. The standard InChI is InChI=1S/C60H46O22/c61-25-7-1-21(2-8-25)53-51(74)48(43-37(72)20-41-47(55(43)78-53)49-42-34(69)15-27(63)16-39(42)79-59(80-41,57(49)75)23-4-9-26(62)10-5-23)44-35(70)18-36(71)45-50-46-40(81-60(58(50)76,82-56(44)45)24-6-12-30(65)33(68)14-24)19-31(66)28-17-38(73)52(77-54(28)46)22-3-11-29(64)32(67)13-22/h1-16,18-20,38,48-53,57-58,61-76H,17H2/t38-,48+,49+,50+,51-,52+,53+,57-,58+,59-,60-/m1/s1. The molecular formula is C60H46O22. The molecule has 0 saturated carbocycles. The maximum absolute atomic E-state index is 13.1. The number of aliphatic hydroxyl groups is 4. The zero-order chi connectivity index (χ0) is 57.3. The highest BCUT2D eigenvalue weighted by Crippen LogP contribution is 2.68. The zero-order valence-corrected chi connectivity index (χ0v) is 42.0. The number of phenolic OH excluding ortho intramolecular Hbond substituents is 12. The predicted octanol–water partition coefficient (Wildman–Crippen LogP) is 6.08. The van der Waals surface area contributed by atoms with Crippen LogP contribution in [0, 0.1) is 0 Å². The molecule has 418 valence electrons. The van der Waals surface area contributed by atoms with E-state index in [9.17, 15) is 81.7 Å². The number of benzene rings is 8. The Balaban J connectivity index is 1.04. The van der Waals surface area contributed by atoms with Crippen LogP contribution in [-0.4, -0.2) is 106 Å². The van der Waals surface area contributed by atoms with E-state index >= 15 is 0 Å². The van der Waals surface area contributed by atoms with E-state index in [2.05, 4.69) is 0 Å². The zero-order valence-electron chi connectivity index (χ0n) is 42.0. The fourth-order valence-corrected chi connectivity index (χ4v) is 12.8. The Hall–Kier alpha value is -10.0. The molecule has 0 spiro atoms. The van der Waals surface area contributed by atoms with Crippen LogP contribution in [0.2, 0.25) is 0 Å². The molecule has 0 aliphatic carbocycles. The molecule has 6 aliphatic heterocycles. The molecule has 0 aromatic heterocycles. The minimum atomic E-state index is -2.61. The number of phenols is 12. The van der Waals surface area contributed by atoms with Crippen molar-refractivity contribution in [1.82, 2.24) is 0 Å².